The van der Waals surface area contributed by atoms with Crippen molar-refractivity contribution in [1.29, 1.82) is 0 Å². The third-order valence-electron chi connectivity index (χ3n) is 5.05. The first-order valence-corrected chi connectivity index (χ1v) is 9.02. The molecule has 0 heteroatoms. The first kappa shape index (κ1) is 15.9. The van der Waals surface area contributed by atoms with Crippen LogP contribution in [0.3, 0.4) is 0 Å². The van der Waals surface area contributed by atoms with Crippen molar-refractivity contribution in [2.45, 2.75) is 51.4 Å². The molecule has 2 aromatic carbocycles. The lowest BCUT2D eigenvalue weighted by molar-refractivity contribution is 0.308. The minimum absolute atomic E-state index is 0.763. The highest BCUT2D eigenvalue weighted by Gasteiger charge is 2.21. The number of benzene rings is 2. The summed E-state index contributed by atoms with van der Waals surface area (Å²) in [7, 11) is 0. The van der Waals surface area contributed by atoms with Gasteiger partial charge in [-0.2, -0.15) is 0 Å². The highest BCUT2D eigenvalue weighted by Crippen LogP contribution is 2.37. The topological polar surface area (TPSA) is 0 Å². The van der Waals surface area contributed by atoms with Gasteiger partial charge in [0.05, 0.1) is 0 Å². The molecule has 23 heavy (non-hydrogen) atoms. The molecular weight excluding hydrogens is 276 g/mol. The van der Waals surface area contributed by atoms with Gasteiger partial charge >= 0.3 is 0 Å². The van der Waals surface area contributed by atoms with Gasteiger partial charge in [-0.05, 0) is 67.3 Å². The molecule has 1 aliphatic carbocycles. The van der Waals surface area contributed by atoms with Crippen molar-refractivity contribution in [3.8, 4) is 11.8 Å². The predicted molar refractivity (Wildman–Crippen MR) is 98.5 cm³/mol. The van der Waals surface area contributed by atoms with Crippen LogP contribution in [0.5, 0.6) is 0 Å². The molecule has 0 saturated heterocycles. The molecule has 0 spiro atoms. The molecule has 0 atom stereocenters. The van der Waals surface area contributed by atoms with Crippen LogP contribution in [-0.4, -0.2) is 0 Å². The van der Waals surface area contributed by atoms with Crippen molar-refractivity contribution in [3.05, 3.63) is 71.3 Å². The highest BCUT2D eigenvalue weighted by atomic mass is 14.3. The van der Waals surface area contributed by atoms with E-state index in [0.717, 1.165) is 23.0 Å². The van der Waals surface area contributed by atoms with E-state index in [4.69, 9.17) is 0 Å². The standard InChI is InChI=1S/C23H26/c1-2-6-19-11-15-22(16-12-19)23-17-13-21(14-18-23)10-9-20-7-4-3-5-8-20/h3-5,7-8,13-14,17-19,22H,2,6,11-12,15-16H2,1H3. The molecule has 1 aliphatic rings. The lowest BCUT2D eigenvalue weighted by Crippen LogP contribution is -2.13. The Morgan fingerprint density at radius 2 is 1.39 bits per heavy atom. The lowest BCUT2D eigenvalue weighted by atomic mass is 9.77. The fourth-order valence-corrected chi connectivity index (χ4v) is 3.70. The van der Waals surface area contributed by atoms with Gasteiger partial charge in [0.25, 0.3) is 0 Å². The first-order valence-electron chi connectivity index (χ1n) is 9.02. The molecule has 1 saturated carbocycles. The quantitative estimate of drug-likeness (QED) is 0.596. The molecule has 0 bridgehead atoms. The van der Waals surface area contributed by atoms with Gasteiger partial charge in [-0.3, -0.25) is 0 Å². The molecule has 0 amide bonds. The van der Waals surface area contributed by atoms with Crippen LogP contribution in [0.1, 0.15) is 68.1 Å². The fraction of sp³-hybridized carbons (Fsp3) is 0.391. The molecule has 1 fully saturated rings. The van der Waals surface area contributed by atoms with E-state index in [-0.39, 0.29) is 0 Å². The van der Waals surface area contributed by atoms with Gasteiger partial charge in [-0.25, -0.2) is 0 Å². The van der Waals surface area contributed by atoms with Crippen LogP contribution in [0.15, 0.2) is 54.6 Å². The predicted octanol–water partition coefficient (Wildman–Crippen LogP) is 6.16. The Morgan fingerprint density at radius 3 is 2.00 bits per heavy atom. The molecule has 3 rings (SSSR count). The molecule has 0 aliphatic heterocycles. The van der Waals surface area contributed by atoms with E-state index in [1.165, 1.54) is 44.1 Å². The fourth-order valence-electron chi connectivity index (χ4n) is 3.70. The van der Waals surface area contributed by atoms with Crippen molar-refractivity contribution in [2.75, 3.05) is 0 Å². The Hall–Kier alpha value is -2.00. The molecule has 0 aromatic heterocycles. The summed E-state index contributed by atoms with van der Waals surface area (Å²) in [5, 5.41) is 0. The maximum atomic E-state index is 3.26. The van der Waals surface area contributed by atoms with E-state index >= 15 is 0 Å². The van der Waals surface area contributed by atoms with E-state index in [1.807, 2.05) is 18.2 Å². The van der Waals surface area contributed by atoms with E-state index < -0.39 is 0 Å². The van der Waals surface area contributed by atoms with E-state index in [9.17, 15) is 0 Å². The van der Waals surface area contributed by atoms with Crippen molar-refractivity contribution in [1.82, 2.24) is 0 Å². The molecular formula is C23H26. The van der Waals surface area contributed by atoms with Crippen LogP contribution in [0.4, 0.5) is 0 Å². The first-order chi connectivity index (χ1) is 11.3. The largest absolute Gasteiger partial charge is 0.0654 e. The number of rotatable bonds is 3. The zero-order chi connectivity index (χ0) is 15.9. The highest BCUT2D eigenvalue weighted by molar-refractivity contribution is 5.43. The van der Waals surface area contributed by atoms with Gasteiger partial charge < -0.3 is 0 Å². The average Bonchev–Trinajstić information content (AvgIpc) is 2.62. The summed E-state index contributed by atoms with van der Waals surface area (Å²) in [5.74, 6) is 8.24. The minimum Gasteiger partial charge on any atom is -0.0654 e. The monoisotopic (exact) mass is 302 g/mol. The second kappa shape index (κ2) is 8.02. The van der Waals surface area contributed by atoms with E-state index in [0.29, 0.717) is 0 Å². The smallest absolute Gasteiger partial charge is 0.0249 e. The molecule has 0 nitrogen and oxygen atoms in total. The Labute approximate surface area is 140 Å². The Morgan fingerprint density at radius 1 is 0.783 bits per heavy atom. The van der Waals surface area contributed by atoms with Gasteiger partial charge in [0.2, 0.25) is 0 Å². The van der Waals surface area contributed by atoms with Crippen molar-refractivity contribution in [3.63, 3.8) is 0 Å². The van der Waals surface area contributed by atoms with E-state index in [1.54, 1.807) is 0 Å². The summed E-state index contributed by atoms with van der Waals surface area (Å²) in [5.41, 5.74) is 3.69. The molecule has 0 heterocycles. The third kappa shape index (κ3) is 4.49. The third-order valence-corrected chi connectivity index (χ3v) is 5.05. The van der Waals surface area contributed by atoms with Crippen molar-refractivity contribution in [2.24, 2.45) is 5.92 Å². The van der Waals surface area contributed by atoms with Gasteiger partial charge in [-0.15, -0.1) is 0 Å². The summed E-state index contributed by atoms with van der Waals surface area (Å²) >= 11 is 0. The average molecular weight is 302 g/mol. The SMILES string of the molecule is CCCC1CCC(c2ccc(C#Cc3ccccc3)cc2)CC1. The van der Waals surface area contributed by atoms with Gasteiger partial charge in [0.1, 0.15) is 0 Å². The number of hydrogen-bond donors (Lipinski definition) is 0. The summed E-state index contributed by atoms with van der Waals surface area (Å²) in [6.07, 6.45) is 8.30. The van der Waals surface area contributed by atoms with E-state index in [2.05, 4.69) is 55.2 Å². The van der Waals surface area contributed by atoms with Crippen molar-refractivity contribution < 1.29 is 0 Å². The zero-order valence-electron chi connectivity index (χ0n) is 14.1. The second-order valence-electron chi connectivity index (χ2n) is 6.74. The van der Waals surface area contributed by atoms with Crippen LogP contribution in [0.2, 0.25) is 0 Å². The number of hydrogen-bond acceptors (Lipinski definition) is 0. The Bertz CT molecular complexity index is 647. The summed E-state index contributed by atoms with van der Waals surface area (Å²) in [6, 6.07) is 19.1. The van der Waals surface area contributed by atoms with Crippen LogP contribution >= 0.6 is 0 Å². The van der Waals surface area contributed by atoms with Crippen molar-refractivity contribution >= 4 is 0 Å². The summed E-state index contributed by atoms with van der Waals surface area (Å²) < 4.78 is 0. The second-order valence-corrected chi connectivity index (χ2v) is 6.74. The van der Waals surface area contributed by atoms with Gasteiger partial charge in [0, 0.05) is 11.1 Å². The van der Waals surface area contributed by atoms with Gasteiger partial charge in [0.15, 0.2) is 0 Å². The van der Waals surface area contributed by atoms with Crippen LogP contribution in [0.25, 0.3) is 0 Å². The maximum absolute atomic E-state index is 3.26. The molecule has 0 unspecified atom stereocenters. The maximum Gasteiger partial charge on any atom is 0.0249 e. The zero-order valence-corrected chi connectivity index (χ0v) is 14.1. The van der Waals surface area contributed by atoms with Crippen LogP contribution in [-0.2, 0) is 0 Å². The molecule has 118 valence electrons. The summed E-state index contributed by atoms with van der Waals surface area (Å²) in [6.45, 7) is 2.31. The lowest BCUT2D eigenvalue weighted by Gasteiger charge is -2.28. The Kier molecular flexibility index (Phi) is 5.54. The van der Waals surface area contributed by atoms with Crippen LogP contribution in [0, 0.1) is 17.8 Å². The van der Waals surface area contributed by atoms with Crippen LogP contribution < -0.4 is 0 Å². The molecule has 0 radical (unpaired) electrons. The normalized spacial score (nSPS) is 20.6. The summed E-state index contributed by atoms with van der Waals surface area (Å²) in [4.78, 5) is 0. The minimum atomic E-state index is 0.763. The van der Waals surface area contributed by atoms with Gasteiger partial charge in [-0.1, -0.05) is 61.9 Å². The molecule has 0 N–H and O–H groups in total. The Balaban J connectivity index is 1.61. The molecule has 2 aromatic rings.